The zero-order chi connectivity index (χ0) is 15.8. The Morgan fingerprint density at radius 3 is 2.76 bits per heavy atom. The molecule has 0 saturated carbocycles. The normalized spacial score (nSPS) is 23.2. The summed E-state index contributed by atoms with van der Waals surface area (Å²) in [4.78, 5) is 11.4. The highest BCUT2D eigenvalue weighted by Crippen LogP contribution is 2.34. The van der Waals surface area contributed by atoms with Crippen LogP contribution in [-0.2, 0) is 14.8 Å². The van der Waals surface area contributed by atoms with Crippen LogP contribution in [0.15, 0.2) is 23.1 Å². The lowest BCUT2D eigenvalue weighted by Crippen LogP contribution is -2.40. The minimum Gasteiger partial charge on any atom is -0.399 e. The molecular weight excluding hydrogens is 297 g/mol. The third-order valence-corrected chi connectivity index (χ3v) is 5.65. The summed E-state index contributed by atoms with van der Waals surface area (Å²) in [7, 11) is -2.50. The zero-order valence-electron chi connectivity index (χ0n) is 11.9. The number of nitrogens with two attached hydrogens (primary N) is 1. The van der Waals surface area contributed by atoms with Crippen LogP contribution in [0, 0.1) is 11.2 Å². The van der Waals surface area contributed by atoms with E-state index in [0.29, 0.717) is 6.42 Å². The van der Waals surface area contributed by atoms with Crippen LogP contribution in [0.4, 0.5) is 10.1 Å². The largest absolute Gasteiger partial charge is 0.399 e. The minimum absolute atomic E-state index is 0.0171. The predicted molar refractivity (Wildman–Crippen MR) is 76.4 cm³/mol. The molecule has 8 heteroatoms. The molecule has 0 bridgehead atoms. The molecule has 1 aromatic carbocycles. The maximum absolute atomic E-state index is 13.8. The lowest BCUT2D eigenvalue weighted by molar-refractivity contribution is -0.128. The standard InChI is InChI=1S/C13H18FN3O3S/c1-13(12(18)16-2)5-6-17(8-13)21(19,20)11-7-9(15)3-4-10(11)14/h3-4,7H,5-6,8,15H2,1-2H3,(H,16,18). The molecule has 1 aromatic rings. The number of hydrogen-bond acceptors (Lipinski definition) is 4. The molecule has 1 saturated heterocycles. The fourth-order valence-corrected chi connectivity index (χ4v) is 4.13. The average molecular weight is 315 g/mol. The topological polar surface area (TPSA) is 92.5 Å². The van der Waals surface area contributed by atoms with Gasteiger partial charge in [0.1, 0.15) is 10.7 Å². The summed E-state index contributed by atoms with van der Waals surface area (Å²) in [6, 6.07) is 3.42. The monoisotopic (exact) mass is 315 g/mol. The van der Waals surface area contributed by atoms with Gasteiger partial charge in [0.25, 0.3) is 0 Å². The molecule has 1 unspecified atom stereocenters. The molecular formula is C13H18FN3O3S. The number of anilines is 1. The van der Waals surface area contributed by atoms with Crippen molar-refractivity contribution in [3.63, 3.8) is 0 Å². The van der Waals surface area contributed by atoms with Crippen LogP contribution in [0.1, 0.15) is 13.3 Å². The summed E-state index contributed by atoms with van der Waals surface area (Å²) in [6.07, 6.45) is 0.385. The molecule has 1 atom stereocenters. The summed E-state index contributed by atoms with van der Waals surface area (Å²) in [5, 5.41) is 2.53. The minimum atomic E-state index is -4.01. The van der Waals surface area contributed by atoms with Gasteiger partial charge in [-0.05, 0) is 31.5 Å². The Balaban J connectivity index is 2.34. The van der Waals surface area contributed by atoms with Crippen molar-refractivity contribution in [3.05, 3.63) is 24.0 Å². The number of rotatable bonds is 3. The first-order valence-electron chi connectivity index (χ1n) is 6.48. The first kappa shape index (κ1) is 15.7. The van der Waals surface area contributed by atoms with E-state index in [1.807, 2.05) is 0 Å². The van der Waals surface area contributed by atoms with Crippen molar-refractivity contribution in [3.8, 4) is 0 Å². The van der Waals surface area contributed by atoms with E-state index in [1.54, 1.807) is 6.92 Å². The zero-order valence-corrected chi connectivity index (χ0v) is 12.7. The second kappa shape index (κ2) is 5.27. The Morgan fingerprint density at radius 1 is 1.48 bits per heavy atom. The van der Waals surface area contributed by atoms with Crippen LogP contribution >= 0.6 is 0 Å². The lowest BCUT2D eigenvalue weighted by Gasteiger charge is -2.22. The Kier molecular flexibility index (Phi) is 3.94. The fourth-order valence-electron chi connectivity index (χ4n) is 2.47. The van der Waals surface area contributed by atoms with Gasteiger partial charge in [-0.2, -0.15) is 4.31 Å². The molecule has 1 heterocycles. The Morgan fingerprint density at radius 2 is 2.14 bits per heavy atom. The maximum Gasteiger partial charge on any atom is 0.246 e. The van der Waals surface area contributed by atoms with Crippen molar-refractivity contribution in [2.75, 3.05) is 25.9 Å². The SMILES string of the molecule is CNC(=O)C1(C)CCN(S(=O)(=O)c2cc(N)ccc2F)C1. The number of carbonyl (C=O) groups is 1. The van der Waals surface area contributed by atoms with Crippen LogP contribution < -0.4 is 11.1 Å². The van der Waals surface area contributed by atoms with E-state index in [4.69, 9.17) is 5.73 Å². The summed E-state index contributed by atoms with van der Waals surface area (Å²) in [5.41, 5.74) is 4.89. The molecule has 6 nitrogen and oxygen atoms in total. The van der Waals surface area contributed by atoms with Crippen molar-refractivity contribution in [2.45, 2.75) is 18.2 Å². The molecule has 0 aromatic heterocycles. The van der Waals surface area contributed by atoms with Gasteiger partial charge in [-0.3, -0.25) is 4.79 Å². The van der Waals surface area contributed by atoms with E-state index in [1.165, 1.54) is 13.1 Å². The van der Waals surface area contributed by atoms with Crippen LogP contribution in [0.2, 0.25) is 0 Å². The molecule has 1 aliphatic heterocycles. The molecule has 3 N–H and O–H groups in total. The van der Waals surface area contributed by atoms with Crippen LogP contribution in [0.3, 0.4) is 0 Å². The lowest BCUT2D eigenvalue weighted by atomic mass is 9.89. The van der Waals surface area contributed by atoms with Gasteiger partial charge in [-0.1, -0.05) is 0 Å². The number of nitrogens with zero attached hydrogens (tertiary/aromatic N) is 1. The van der Waals surface area contributed by atoms with Gasteiger partial charge in [0.05, 0.1) is 5.41 Å². The number of nitrogen functional groups attached to an aromatic ring is 1. The Hall–Kier alpha value is -1.67. The highest BCUT2D eigenvalue weighted by Gasteiger charge is 2.44. The van der Waals surface area contributed by atoms with Crippen LogP contribution in [0.5, 0.6) is 0 Å². The molecule has 1 amide bonds. The van der Waals surface area contributed by atoms with Gasteiger partial charge in [-0.25, -0.2) is 12.8 Å². The number of nitrogens with one attached hydrogen (secondary N) is 1. The molecule has 21 heavy (non-hydrogen) atoms. The molecule has 2 rings (SSSR count). The van der Waals surface area contributed by atoms with Crippen LogP contribution in [0.25, 0.3) is 0 Å². The molecule has 1 fully saturated rings. The summed E-state index contributed by atoms with van der Waals surface area (Å²) in [6.45, 7) is 1.88. The van der Waals surface area contributed by atoms with Crippen molar-refractivity contribution in [2.24, 2.45) is 5.41 Å². The van der Waals surface area contributed by atoms with Gasteiger partial charge in [-0.15, -0.1) is 0 Å². The van der Waals surface area contributed by atoms with Gasteiger partial charge in [0, 0.05) is 25.8 Å². The van der Waals surface area contributed by atoms with Crippen molar-refractivity contribution in [1.29, 1.82) is 0 Å². The Labute approximate surface area is 123 Å². The second-order valence-electron chi connectivity index (χ2n) is 5.42. The first-order valence-corrected chi connectivity index (χ1v) is 7.92. The van der Waals surface area contributed by atoms with E-state index in [9.17, 15) is 17.6 Å². The van der Waals surface area contributed by atoms with Gasteiger partial charge in [0.2, 0.25) is 15.9 Å². The first-order chi connectivity index (χ1) is 9.70. The summed E-state index contributed by atoms with van der Waals surface area (Å²) >= 11 is 0. The smallest absolute Gasteiger partial charge is 0.246 e. The van der Waals surface area contributed by atoms with Crippen molar-refractivity contribution < 1.29 is 17.6 Å². The molecule has 0 aliphatic carbocycles. The highest BCUT2D eigenvalue weighted by molar-refractivity contribution is 7.89. The van der Waals surface area contributed by atoms with Crippen LogP contribution in [-0.4, -0.2) is 38.8 Å². The number of carbonyl (C=O) groups excluding carboxylic acids is 1. The van der Waals surface area contributed by atoms with E-state index in [-0.39, 0.29) is 24.7 Å². The quantitative estimate of drug-likeness (QED) is 0.797. The molecule has 1 aliphatic rings. The van der Waals surface area contributed by atoms with E-state index in [2.05, 4.69) is 5.32 Å². The second-order valence-corrected chi connectivity index (χ2v) is 7.32. The molecule has 0 spiro atoms. The Bertz CT molecular complexity index is 677. The summed E-state index contributed by atoms with van der Waals surface area (Å²) in [5.74, 6) is -1.08. The van der Waals surface area contributed by atoms with Crippen molar-refractivity contribution >= 4 is 21.6 Å². The fraction of sp³-hybridized carbons (Fsp3) is 0.462. The van der Waals surface area contributed by atoms with Gasteiger partial charge < -0.3 is 11.1 Å². The predicted octanol–water partition coefficient (Wildman–Crippen LogP) is 0.555. The van der Waals surface area contributed by atoms with Gasteiger partial charge in [0.15, 0.2) is 0 Å². The van der Waals surface area contributed by atoms with E-state index in [0.717, 1.165) is 16.4 Å². The summed E-state index contributed by atoms with van der Waals surface area (Å²) < 4.78 is 39.9. The van der Waals surface area contributed by atoms with E-state index < -0.39 is 26.2 Å². The number of sulfonamides is 1. The number of hydrogen-bond donors (Lipinski definition) is 2. The number of amides is 1. The van der Waals surface area contributed by atoms with Gasteiger partial charge >= 0.3 is 0 Å². The highest BCUT2D eigenvalue weighted by atomic mass is 32.2. The molecule has 116 valence electrons. The van der Waals surface area contributed by atoms with E-state index >= 15 is 0 Å². The maximum atomic E-state index is 13.8. The number of benzene rings is 1. The third kappa shape index (κ3) is 2.73. The van der Waals surface area contributed by atoms with Crippen molar-refractivity contribution in [1.82, 2.24) is 9.62 Å². The molecule has 0 radical (unpaired) electrons. The number of halogens is 1. The third-order valence-electron chi connectivity index (χ3n) is 3.79. The average Bonchev–Trinajstić information content (AvgIpc) is 2.85.